The second-order valence-electron chi connectivity index (χ2n) is 4.73. The third-order valence-electron chi connectivity index (χ3n) is 3.65. The third kappa shape index (κ3) is 3.42. The maximum atomic E-state index is 11.5. The highest BCUT2D eigenvalue weighted by Gasteiger charge is 2.47. The van der Waals surface area contributed by atoms with Gasteiger partial charge in [0.1, 0.15) is 5.54 Å². The van der Waals surface area contributed by atoms with E-state index in [1.165, 1.54) is 0 Å². The maximum Gasteiger partial charge on any atom is 0.325 e. The van der Waals surface area contributed by atoms with Crippen LogP contribution in [0.15, 0.2) is 0 Å². The van der Waals surface area contributed by atoms with Gasteiger partial charge in [-0.2, -0.15) is 4.72 Å². The number of rotatable bonds is 6. The Kier molecular flexibility index (Phi) is 5.39. The first-order chi connectivity index (χ1) is 8.03. The summed E-state index contributed by atoms with van der Waals surface area (Å²) in [7, 11) is -2.88. The van der Waals surface area contributed by atoms with E-state index >= 15 is 0 Å². The standard InChI is InChI=1S/C11H21NO4S/c1-2-3-6-9-7-4-5-8-11(9,10(13)14)12-17(15)16/h9,17H,2-8H2,1H3,(H,13,14)(H,12,15,16). The van der Waals surface area contributed by atoms with Crippen molar-refractivity contribution in [1.29, 1.82) is 0 Å². The molecule has 17 heavy (non-hydrogen) atoms. The Balaban J connectivity index is 2.91. The minimum Gasteiger partial charge on any atom is -0.480 e. The molecular weight excluding hydrogens is 242 g/mol. The van der Waals surface area contributed by atoms with E-state index in [1.54, 1.807) is 0 Å². The molecule has 100 valence electrons. The molecule has 0 amide bonds. The van der Waals surface area contributed by atoms with Crippen molar-refractivity contribution in [3.8, 4) is 0 Å². The number of unbranched alkanes of at least 4 members (excludes halogenated alkanes) is 1. The van der Waals surface area contributed by atoms with Gasteiger partial charge in [-0.05, 0) is 25.2 Å². The Hall–Kier alpha value is -0.620. The first kappa shape index (κ1) is 14.4. The van der Waals surface area contributed by atoms with Gasteiger partial charge < -0.3 is 5.11 Å². The van der Waals surface area contributed by atoms with Crippen LogP contribution in [0.25, 0.3) is 0 Å². The van der Waals surface area contributed by atoms with Crippen LogP contribution in [0.1, 0.15) is 51.9 Å². The van der Waals surface area contributed by atoms with Gasteiger partial charge in [0, 0.05) is 0 Å². The first-order valence-corrected chi connectivity index (χ1v) is 7.36. The van der Waals surface area contributed by atoms with Gasteiger partial charge >= 0.3 is 5.97 Å². The van der Waals surface area contributed by atoms with Crippen LogP contribution in [-0.2, 0) is 15.7 Å². The number of thiol groups is 1. The maximum absolute atomic E-state index is 11.5. The summed E-state index contributed by atoms with van der Waals surface area (Å²) in [5.41, 5.74) is -1.26. The van der Waals surface area contributed by atoms with Gasteiger partial charge in [0.2, 0.25) is 10.9 Å². The van der Waals surface area contributed by atoms with Crippen molar-refractivity contribution in [1.82, 2.24) is 4.72 Å². The Labute approximate surface area is 104 Å². The predicted octanol–water partition coefficient (Wildman–Crippen LogP) is 1.31. The molecule has 1 aliphatic carbocycles. The largest absolute Gasteiger partial charge is 0.480 e. The first-order valence-electron chi connectivity index (χ1n) is 6.18. The molecule has 5 nitrogen and oxygen atoms in total. The van der Waals surface area contributed by atoms with E-state index in [9.17, 15) is 18.3 Å². The lowest BCUT2D eigenvalue weighted by Crippen LogP contribution is -2.58. The molecule has 0 aromatic heterocycles. The average Bonchev–Trinajstić information content (AvgIpc) is 2.26. The molecule has 1 rings (SSSR count). The fourth-order valence-electron chi connectivity index (χ4n) is 2.73. The lowest BCUT2D eigenvalue weighted by molar-refractivity contribution is -0.148. The number of aliphatic carboxylic acids is 1. The summed E-state index contributed by atoms with van der Waals surface area (Å²) in [5.74, 6) is -1.11. The zero-order valence-corrected chi connectivity index (χ0v) is 11.0. The van der Waals surface area contributed by atoms with Crippen LogP contribution < -0.4 is 4.72 Å². The fraction of sp³-hybridized carbons (Fsp3) is 0.909. The normalized spacial score (nSPS) is 29.4. The minimum absolute atomic E-state index is 0.0819. The van der Waals surface area contributed by atoms with Crippen molar-refractivity contribution in [3.05, 3.63) is 0 Å². The number of hydrogen-bond acceptors (Lipinski definition) is 3. The molecule has 0 radical (unpaired) electrons. The van der Waals surface area contributed by atoms with Gasteiger partial charge in [0.05, 0.1) is 0 Å². The topological polar surface area (TPSA) is 83.5 Å². The molecule has 0 aromatic rings. The second kappa shape index (κ2) is 6.35. The fourth-order valence-corrected chi connectivity index (χ4v) is 3.44. The quantitative estimate of drug-likeness (QED) is 0.631. The van der Waals surface area contributed by atoms with Crippen LogP contribution in [0, 0.1) is 5.92 Å². The highest BCUT2D eigenvalue weighted by Crippen LogP contribution is 2.37. The van der Waals surface area contributed by atoms with Gasteiger partial charge in [0.15, 0.2) is 0 Å². The Morgan fingerprint density at radius 2 is 2.18 bits per heavy atom. The lowest BCUT2D eigenvalue weighted by atomic mass is 9.71. The van der Waals surface area contributed by atoms with Crippen LogP contribution in [0.3, 0.4) is 0 Å². The van der Waals surface area contributed by atoms with E-state index < -0.39 is 22.4 Å². The van der Waals surface area contributed by atoms with E-state index in [0.717, 1.165) is 38.5 Å². The average molecular weight is 263 g/mol. The molecule has 0 aliphatic heterocycles. The highest BCUT2D eigenvalue weighted by atomic mass is 32.2. The van der Waals surface area contributed by atoms with Gasteiger partial charge in [-0.3, -0.25) is 4.79 Å². The lowest BCUT2D eigenvalue weighted by Gasteiger charge is -2.39. The SMILES string of the molecule is CCCCC1CCCCC1(N[SH](=O)=O)C(=O)O. The zero-order chi connectivity index (χ0) is 12.9. The summed E-state index contributed by atoms with van der Waals surface area (Å²) in [6.07, 6.45) is 5.67. The van der Waals surface area contributed by atoms with Crippen molar-refractivity contribution in [2.75, 3.05) is 0 Å². The number of carboxylic acids is 1. The molecule has 1 fully saturated rings. The van der Waals surface area contributed by atoms with Crippen LogP contribution >= 0.6 is 0 Å². The van der Waals surface area contributed by atoms with Gasteiger partial charge in [-0.1, -0.05) is 32.6 Å². The summed E-state index contributed by atoms with van der Waals surface area (Å²) >= 11 is 0. The molecule has 0 aromatic carbocycles. The van der Waals surface area contributed by atoms with Crippen LogP contribution in [-0.4, -0.2) is 25.0 Å². The number of hydrogen-bond donors (Lipinski definition) is 3. The molecule has 2 unspecified atom stereocenters. The Bertz CT molecular complexity index is 334. The highest BCUT2D eigenvalue weighted by molar-refractivity contribution is 7.70. The Morgan fingerprint density at radius 1 is 1.47 bits per heavy atom. The summed E-state index contributed by atoms with van der Waals surface area (Å²) in [6.45, 7) is 2.05. The molecule has 6 heteroatoms. The number of carbonyl (C=O) groups is 1. The molecule has 1 saturated carbocycles. The zero-order valence-electron chi connectivity index (χ0n) is 10.1. The van der Waals surface area contributed by atoms with E-state index in [0.29, 0.717) is 6.42 Å². The molecule has 0 heterocycles. The molecule has 0 spiro atoms. The summed E-state index contributed by atoms with van der Waals surface area (Å²) in [5, 5.41) is 9.38. The monoisotopic (exact) mass is 263 g/mol. The predicted molar refractivity (Wildman–Crippen MR) is 65.3 cm³/mol. The van der Waals surface area contributed by atoms with Gasteiger partial charge in [-0.15, -0.1) is 0 Å². The summed E-state index contributed by atoms with van der Waals surface area (Å²) < 4.78 is 24.0. The molecule has 0 saturated heterocycles. The van der Waals surface area contributed by atoms with Gasteiger partial charge in [-0.25, -0.2) is 8.42 Å². The minimum atomic E-state index is -2.88. The van der Waals surface area contributed by atoms with Crippen LogP contribution in [0.4, 0.5) is 0 Å². The number of nitrogens with one attached hydrogen (secondary N) is 1. The third-order valence-corrected chi connectivity index (χ3v) is 4.23. The van der Waals surface area contributed by atoms with E-state index in [-0.39, 0.29) is 5.92 Å². The summed E-state index contributed by atoms with van der Waals surface area (Å²) in [6, 6.07) is 0. The Morgan fingerprint density at radius 3 is 2.71 bits per heavy atom. The second-order valence-corrected chi connectivity index (χ2v) is 5.47. The molecule has 0 bridgehead atoms. The van der Waals surface area contributed by atoms with Crippen molar-refractivity contribution >= 4 is 16.9 Å². The van der Waals surface area contributed by atoms with Gasteiger partial charge in [0.25, 0.3) is 0 Å². The molecular formula is C11H21NO4S. The summed E-state index contributed by atoms with van der Waals surface area (Å²) in [4.78, 5) is 11.5. The van der Waals surface area contributed by atoms with Crippen molar-refractivity contribution in [2.45, 2.75) is 57.4 Å². The van der Waals surface area contributed by atoms with E-state index in [1.807, 2.05) is 6.92 Å². The van der Waals surface area contributed by atoms with Crippen LogP contribution in [0.5, 0.6) is 0 Å². The molecule has 2 atom stereocenters. The van der Waals surface area contributed by atoms with E-state index in [4.69, 9.17) is 0 Å². The number of carboxylic acid groups (broad SMARTS) is 1. The van der Waals surface area contributed by atoms with Crippen molar-refractivity contribution < 1.29 is 18.3 Å². The van der Waals surface area contributed by atoms with Crippen molar-refractivity contribution in [3.63, 3.8) is 0 Å². The molecule has 2 N–H and O–H groups in total. The smallest absolute Gasteiger partial charge is 0.325 e. The molecule has 1 aliphatic rings. The van der Waals surface area contributed by atoms with E-state index in [2.05, 4.69) is 4.72 Å². The van der Waals surface area contributed by atoms with Crippen molar-refractivity contribution in [2.24, 2.45) is 5.92 Å². The van der Waals surface area contributed by atoms with Crippen LogP contribution in [0.2, 0.25) is 0 Å².